The van der Waals surface area contributed by atoms with E-state index in [0.717, 1.165) is 11.1 Å². The third-order valence-corrected chi connectivity index (χ3v) is 4.28. The first kappa shape index (κ1) is 19.8. The third-order valence-electron chi connectivity index (χ3n) is 4.05. The van der Waals surface area contributed by atoms with Gasteiger partial charge < -0.3 is 15.0 Å². The number of nitrogens with zero attached hydrogens (tertiary/aromatic N) is 1. The second-order valence-electron chi connectivity index (χ2n) is 6.04. The summed E-state index contributed by atoms with van der Waals surface area (Å²) in [5.74, 6) is 0.00333. The van der Waals surface area contributed by atoms with E-state index in [-0.39, 0.29) is 18.4 Å². The number of carbonyl (C=O) groups excluding carboxylic acids is 2. The van der Waals surface area contributed by atoms with Crippen molar-refractivity contribution in [2.75, 3.05) is 13.7 Å². The topological polar surface area (TPSA) is 58.6 Å². The van der Waals surface area contributed by atoms with Gasteiger partial charge in [0.1, 0.15) is 11.8 Å². The molecule has 0 aliphatic rings. The van der Waals surface area contributed by atoms with E-state index in [1.165, 1.54) is 4.90 Å². The van der Waals surface area contributed by atoms with Crippen molar-refractivity contribution in [1.82, 2.24) is 10.2 Å². The maximum Gasteiger partial charge on any atom is 0.261 e. The largest absolute Gasteiger partial charge is 0.484 e. The molecule has 0 bridgehead atoms. The van der Waals surface area contributed by atoms with Gasteiger partial charge in [0.2, 0.25) is 5.91 Å². The number of hydrogen-bond donors (Lipinski definition) is 1. The van der Waals surface area contributed by atoms with Crippen LogP contribution in [0, 0.1) is 6.92 Å². The van der Waals surface area contributed by atoms with Crippen LogP contribution in [0.15, 0.2) is 48.5 Å². The molecule has 138 valence electrons. The standard InChI is InChI=1S/C20H23ClN2O3/c1-14-7-9-16(10-8-14)12-23(15(2)20(25)22-3)19(24)13-26-18-6-4-5-17(21)11-18/h4-11,15H,12-13H2,1-3H3,(H,22,25)/t15-/m1/s1. The number of likely N-dealkylation sites (N-methyl/N-ethyl adjacent to an activating group) is 1. The summed E-state index contributed by atoms with van der Waals surface area (Å²) in [4.78, 5) is 26.3. The van der Waals surface area contributed by atoms with Gasteiger partial charge in [-0.2, -0.15) is 0 Å². The number of benzene rings is 2. The number of rotatable bonds is 7. The molecule has 2 aromatic rings. The second kappa shape index (κ2) is 9.25. The van der Waals surface area contributed by atoms with E-state index in [0.29, 0.717) is 17.3 Å². The first-order valence-corrected chi connectivity index (χ1v) is 8.73. The number of carbonyl (C=O) groups is 2. The first-order valence-electron chi connectivity index (χ1n) is 8.35. The molecule has 6 heteroatoms. The van der Waals surface area contributed by atoms with Crippen LogP contribution in [0.2, 0.25) is 5.02 Å². The van der Waals surface area contributed by atoms with E-state index < -0.39 is 6.04 Å². The molecule has 0 heterocycles. The molecule has 0 radical (unpaired) electrons. The highest BCUT2D eigenvalue weighted by atomic mass is 35.5. The van der Waals surface area contributed by atoms with Gasteiger partial charge in [-0.25, -0.2) is 0 Å². The Morgan fingerprint density at radius 1 is 1.19 bits per heavy atom. The molecule has 2 amide bonds. The molecule has 0 saturated heterocycles. The van der Waals surface area contributed by atoms with Gasteiger partial charge in [-0.1, -0.05) is 47.5 Å². The first-order chi connectivity index (χ1) is 12.4. The highest BCUT2D eigenvalue weighted by Gasteiger charge is 2.25. The van der Waals surface area contributed by atoms with Crippen LogP contribution in [0.1, 0.15) is 18.1 Å². The summed E-state index contributed by atoms with van der Waals surface area (Å²) in [6, 6.07) is 14.1. The Hall–Kier alpha value is -2.53. The molecule has 0 aromatic heterocycles. The van der Waals surface area contributed by atoms with Gasteiger partial charge in [0, 0.05) is 18.6 Å². The summed E-state index contributed by atoms with van der Waals surface area (Å²) < 4.78 is 5.54. The zero-order chi connectivity index (χ0) is 19.1. The Morgan fingerprint density at radius 3 is 2.50 bits per heavy atom. The average molecular weight is 375 g/mol. The summed E-state index contributed by atoms with van der Waals surface area (Å²) in [6.07, 6.45) is 0. The summed E-state index contributed by atoms with van der Waals surface area (Å²) >= 11 is 5.93. The highest BCUT2D eigenvalue weighted by Crippen LogP contribution is 2.18. The fourth-order valence-electron chi connectivity index (χ4n) is 2.47. The van der Waals surface area contributed by atoms with Crippen LogP contribution in [0.25, 0.3) is 0 Å². The van der Waals surface area contributed by atoms with Crippen molar-refractivity contribution < 1.29 is 14.3 Å². The van der Waals surface area contributed by atoms with Gasteiger partial charge in [-0.15, -0.1) is 0 Å². The minimum Gasteiger partial charge on any atom is -0.484 e. The van der Waals surface area contributed by atoms with Crippen molar-refractivity contribution in [3.8, 4) is 5.75 Å². The number of halogens is 1. The van der Waals surface area contributed by atoms with Crippen LogP contribution in [-0.2, 0) is 16.1 Å². The maximum atomic E-state index is 12.7. The number of amides is 2. The number of ether oxygens (including phenoxy) is 1. The predicted molar refractivity (Wildman–Crippen MR) is 102 cm³/mol. The Balaban J connectivity index is 2.12. The Morgan fingerprint density at radius 2 is 1.88 bits per heavy atom. The van der Waals surface area contributed by atoms with Crippen molar-refractivity contribution in [1.29, 1.82) is 0 Å². The van der Waals surface area contributed by atoms with E-state index in [2.05, 4.69) is 5.32 Å². The summed E-state index contributed by atoms with van der Waals surface area (Å²) in [6.45, 7) is 3.85. The van der Waals surface area contributed by atoms with Gasteiger partial charge in [-0.05, 0) is 37.6 Å². The normalized spacial score (nSPS) is 11.5. The molecular weight excluding hydrogens is 352 g/mol. The van der Waals surface area contributed by atoms with Gasteiger partial charge in [0.05, 0.1) is 0 Å². The van der Waals surface area contributed by atoms with Gasteiger partial charge in [0.15, 0.2) is 6.61 Å². The minimum atomic E-state index is -0.614. The van der Waals surface area contributed by atoms with Crippen LogP contribution in [-0.4, -0.2) is 36.4 Å². The zero-order valence-corrected chi connectivity index (χ0v) is 15.9. The summed E-state index contributed by atoms with van der Waals surface area (Å²) in [5, 5.41) is 3.12. The smallest absolute Gasteiger partial charge is 0.261 e. The average Bonchev–Trinajstić information content (AvgIpc) is 2.64. The SMILES string of the molecule is CNC(=O)[C@@H](C)N(Cc1ccc(C)cc1)C(=O)COc1cccc(Cl)c1. The molecule has 0 aliphatic heterocycles. The molecule has 1 atom stereocenters. The minimum absolute atomic E-state index is 0.173. The van der Waals surface area contributed by atoms with E-state index in [1.807, 2.05) is 31.2 Å². The van der Waals surface area contributed by atoms with Crippen molar-refractivity contribution in [3.05, 3.63) is 64.7 Å². The molecule has 0 aliphatic carbocycles. The van der Waals surface area contributed by atoms with Gasteiger partial charge in [0.25, 0.3) is 5.91 Å². The molecule has 2 rings (SSSR count). The van der Waals surface area contributed by atoms with Crippen LogP contribution in [0.4, 0.5) is 0 Å². The van der Waals surface area contributed by atoms with Gasteiger partial charge in [-0.3, -0.25) is 9.59 Å². The Bertz CT molecular complexity index is 762. The van der Waals surface area contributed by atoms with E-state index >= 15 is 0 Å². The van der Waals surface area contributed by atoms with E-state index in [4.69, 9.17) is 16.3 Å². The monoisotopic (exact) mass is 374 g/mol. The summed E-state index contributed by atoms with van der Waals surface area (Å²) in [7, 11) is 1.55. The maximum absolute atomic E-state index is 12.7. The van der Waals surface area contributed by atoms with Crippen LogP contribution in [0.5, 0.6) is 5.75 Å². The van der Waals surface area contributed by atoms with Crippen molar-refractivity contribution in [2.45, 2.75) is 26.4 Å². The second-order valence-corrected chi connectivity index (χ2v) is 6.48. The van der Waals surface area contributed by atoms with Crippen LogP contribution < -0.4 is 10.1 Å². The molecule has 26 heavy (non-hydrogen) atoms. The number of nitrogens with one attached hydrogen (secondary N) is 1. The molecule has 2 aromatic carbocycles. The molecule has 0 spiro atoms. The number of aryl methyl sites for hydroxylation is 1. The number of hydrogen-bond acceptors (Lipinski definition) is 3. The van der Waals surface area contributed by atoms with Crippen molar-refractivity contribution in [2.24, 2.45) is 0 Å². The lowest BCUT2D eigenvalue weighted by Crippen LogP contribution is -2.48. The third kappa shape index (κ3) is 5.49. The molecular formula is C20H23ClN2O3. The van der Waals surface area contributed by atoms with E-state index in [9.17, 15) is 9.59 Å². The fraction of sp³-hybridized carbons (Fsp3) is 0.300. The van der Waals surface area contributed by atoms with Crippen molar-refractivity contribution >= 4 is 23.4 Å². The zero-order valence-electron chi connectivity index (χ0n) is 15.2. The predicted octanol–water partition coefficient (Wildman–Crippen LogP) is 3.19. The van der Waals surface area contributed by atoms with Crippen LogP contribution in [0.3, 0.4) is 0 Å². The lowest BCUT2D eigenvalue weighted by atomic mass is 10.1. The van der Waals surface area contributed by atoms with Crippen molar-refractivity contribution in [3.63, 3.8) is 0 Å². The lowest BCUT2D eigenvalue weighted by molar-refractivity contribution is -0.142. The highest BCUT2D eigenvalue weighted by molar-refractivity contribution is 6.30. The molecule has 0 saturated carbocycles. The lowest BCUT2D eigenvalue weighted by Gasteiger charge is -2.28. The molecule has 0 fully saturated rings. The molecule has 0 unspecified atom stereocenters. The Kier molecular flexibility index (Phi) is 7.04. The summed E-state index contributed by atoms with van der Waals surface area (Å²) in [5.41, 5.74) is 2.08. The van der Waals surface area contributed by atoms with Crippen LogP contribution >= 0.6 is 11.6 Å². The Labute approximate surface area is 158 Å². The van der Waals surface area contributed by atoms with Gasteiger partial charge >= 0.3 is 0 Å². The molecule has 5 nitrogen and oxygen atoms in total. The van der Waals surface area contributed by atoms with E-state index in [1.54, 1.807) is 38.2 Å². The quantitative estimate of drug-likeness (QED) is 0.809. The molecule has 1 N–H and O–H groups in total. The fourth-order valence-corrected chi connectivity index (χ4v) is 2.65.